The summed E-state index contributed by atoms with van der Waals surface area (Å²) in [4.78, 5) is 0. The molecule has 0 amide bonds. The fourth-order valence-corrected chi connectivity index (χ4v) is 8.63. The van der Waals surface area contributed by atoms with E-state index in [1.165, 1.54) is 0 Å². The molecule has 0 rings (SSSR count). The molecule has 3 heteroatoms. The van der Waals surface area contributed by atoms with Crippen LogP contribution in [-0.4, -0.2) is 20.3 Å². The second-order valence-corrected chi connectivity index (χ2v) is 11.5. The van der Waals surface area contributed by atoms with E-state index in [2.05, 4.69) is 69.8 Å². The van der Waals surface area contributed by atoms with E-state index < -0.39 is 8.32 Å². The Balaban J connectivity index is 5.00. The quantitative estimate of drug-likeness (QED) is 0.352. The number of alkyl halides is 1. The first-order chi connectivity index (χ1) is 7.82. The third-order valence-corrected chi connectivity index (χ3v) is 10.4. The molecule has 0 unspecified atom stereocenters. The first-order valence-corrected chi connectivity index (χ1v) is 9.66. The Hall–Kier alpha value is 0.177. The van der Waals surface area contributed by atoms with Crippen molar-refractivity contribution < 1.29 is 4.43 Å². The van der Waals surface area contributed by atoms with Crippen LogP contribution in [0.4, 0.5) is 0 Å². The minimum Gasteiger partial charge on any atom is -0.411 e. The fourth-order valence-electron chi connectivity index (χ4n) is 2.85. The van der Waals surface area contributed by atoms with Crippen molar-refractivity contribution in [3.63, 3.8) is 0 Å². The van der Waals surface area contributed by atoms with E-state index in [4.69, 9.17) is 4.43 Å². The normalized spacial score (nSPS) is 12.4. The van der Waals surface area contributed by atoms with Crippen molar-refractivity contribution in [1.82, 2.24) is 0 Å². The lowest BCUT2D eigenvalue weighted by Crippen LogP contribution is -2.48. The van der Waals surface area contributed by atoms with Crippen LogP contribution in [0.1, 0.15) is 41.5 Å². The van der Waals surface area contributed by atoms with Crippen LogP contribution in [0.3, 0.4) is 0 Å². The third kappa shape index (κ3) is 4.10. The molecule has 0 saturated heterocycles. The summed E-state index contributed by atoms with van der Waals surface area (Å²) < 4.78 is 6.43. The maximum absolute atomic E-state index is 6.43. The molecular weight excluding hydrogens is 292 g/mol. The molecule has 0 heterocycles. The Morgan fingerprint density at radius 2 is 1.53 bits per heavy atom. The fraction of sp³-hybridized carbons (Fsp3) is 0.786. The van der Waals surface area contributed by atoms with Crippen LogP contribution in [0.15, 0.2) is 17.9 Å². The molecule has 0 aromatic rings. The van der Waals surface area contributed by atoms with Gasteiger partial charge in [0.1, 0.15) is 0 Å². The Bertz CT molecular complexity index is 256. The topological polar surface area (TPSA) is 9.23 Å². The van der Waals surface area contributed by atoms with Gasteiger partial charge >= 0.3 is 0 Å². The zero-order valence-corrected chi connectivity index (χ0v) is 14.7. The first kappa shape index (κ1) is 17.2. The van der Waals surface area contributed by atoms with Crippen molar-refractivity contribution in [3.8, 4) is 0 Å². The lowest BCUT2D eigenvalue weighted by molar-refractivity contribution is 0.308. The van der Waals surface area contributed by atoms with Gasteiger partial charge in [0.25, 0.3) is 0 Å². The number of rotatable bonds is 7. The predicted octanol–water partition coefficient (Wildman–Crippen LogP) is 5.28. The van der Waals surface area contributed by atoms with Crippen LogP contribution in [0.5, 0.6) is 0 Å². The SMILES string of the molecule is C=C=C(CBr)CO[Si](C(C)C)(C(C)C)C(C)C. The van der Waals surface area contributed by atoms with Gasteiger partial charge in [0.05, 0.1) is 6.61 Å². The molecule has 100 valence electrons. The van der Waals surface area contributed by atoms with Gasteiger partial charge in [-0.1, -0.05) is 64.1 Å². The van der Waals surface area contributed by atoms with E-state index in [1.807, 2.05) is 0 Å². The highest BCUT2D eigenvalue weighted by Crippen LogP contribution is 2.42. The maximum atomic E-state index is 6.43. The van der Waals surface area contributed by atoms with Crippen LogP contribution in [-0.2, 0) is 4.43 Å². The van der Waals surface area contributed by atoms with Crippen LogP contribution >= 0.6 is 15.9 Å². The van der Waals surface area contributed by atoms with Crippen molar-refractivity contribution in [2.45, 2.75) is 58.2 Å². The average molecular weight is 319 g/mol. The zero-order chi connectivity index (χ0) is 13.6. The molecule has 0 saturated carbocycles. The monoisotopic (exact) mass is 318 g/mol. The average Bonchev–Trinajstić information content (AvgIpc) is 2.23. The molecule has 0 aromatic carbocycles. The summed E-state index contributed by atoms with van der Waals surface area (Å²) in [7, 11) is -1.73. The van der Waals surface area contributed by atoms with Crippen molar-refractivity contribution in [1.29, 1.82) is 0 Å². The lowest BCUT2D eigenvalue weighted by atomic mass is 10.4. The van der Waals surface area contributed by atoms with Crippen molar-refractivity contribution in [2.75, 3.05) is 11.9 Å². The van der Waals surface area contributed by atoms with Crippen LogP contribution in [0, 0.1) is 0 Å². The van der Waals surface area contributed by atoms with Crippen molar-refractivity contribution in [2.24, 2.45) is 0 Å². The largest absolute Gasteiger partial charge is 0.411 e. The Morgan fingerprint density at radius 3 is 1.76 bits per heavy atom. The summed E-state index contributed by atoms with van der Waals surface area (Å²) >= 11 is 3.45. The molecule has 0 radical (unpaired) electrons. The molecule has 0 bridgehead atoms. The molecule has 17 heavy (non-hydrogen) atoms. The van der Waals surface area contributed by atoms with Crippen molar-refractivity contribution >= 4 is 24.2 Å². The highest BCUT2D eigenvalue weighted by molar-refractivity contribution is 9.09. The zero-order valence-electron chi connectivity index (χ0n) is 12.1. The van der Waals surface area contributed by atoms with Crippen LogP contribution < -0.4 is 0 Å². The minimum absolute atomic E-state index is 0.629. The third-order valence-electron chi connectivity index (χ3n) is 3.61. The standard InChI is InChI=1S/C14H27BrOSi/c1-8-14(9-15)10-16-17(11(2)3,12(4)5)13(6)7/h11-13H,1,9-10H2,2-7H3. The van der Waals surface area contributed by atoms with Gasteiger partial charge in [0.2, 0.25) is 8.32 Å². The summed E-state index contributed by atoms with van der Waals surface area (Å²) in [6, 6.07) is 0. The molecule has 0 N–H and O–H groups in total. The van der Waals surface area contributed by atoms with E-state index >= 15 is 0 Å². The number of hydrogen-bond acceptors (Lipinski definition) is 1. The van der Waals surface area contributed by atoms with Gasteiger partial charge in [-0.3, -0.25) is 0 Å². The van der Waals surface area contributed by atoms with E-state index in [1.54, 1.807) is 0 Å². The highest BCUT2D eigenvalue weighted by atomic mass is 79.9. The number of hydrogen-bond donors (Lipinski definition) is 0. The summed E-state index contributed by atoms with van der Waals surface area (Å²) in [6.07, 6.45) is 0. The van der Waals surface area contributed by atoms with E-state index in [0.29, 0.717) is 23.2 Å². The van der Waals surface area contributed by atoms with Crippen LogP contribution in [0.25, 0.3) is 0 Å². The van der Waals surface area contributed by atoms with Crippen molar-refractivity contribution in [3.05, 3.63) is 17.9 Å². The van der Waals surface area contributed by atoms with E-state index in [-0.39, 0.29) is 0 Å². The Kier molecular flexibility index (Phi) is 7.66. The summed E-state index contributed by atoms with van der Waals surface area (Å²) in [6.45, 7) is 18.2. The van der Waals surface area contributed by atoms with E-state index in [9.17, 15) is 0 Å². The molecule has 0 fully saturated rings. The van der Waals surface area contributed by atoms with Gasteiger partial charge in [0, 0.05) is 10.9 Å². The predicted molar refractivity (Wildman–Crippen MR) is 83.4 cm³/mol. The highest BCUT2D eigenvalue weighted by Gasteiger charge is 2.44. The van der Waals surface area contributed by atoms with E-state index in [0.717, 1.165) is 10.9 Å². The Labute approximate surface area is 117 Å². The van der Waals surface area contributed by atoms with Crippen LogP contribution in [0.2, 0.25) is 16.6 Å². The summed E-state index contributed by atoms with van der Waals surface area (Å²) in [5, 5.41) is 0.801. The minimum atomic E-state index is -1.73. The van der Waals surface area contributed by atoms with Gasteiger partial charge in [0.15, 0.2) is 0 Å². The van der Waals surface area contributed by atoms with Gasteiger partial charge in [-0.05, 0) is 16.6 Å². The van der Waals surface area contributed by atoms with Gasteiger partial charge in [-0.25, -0.2) is 0 Å². The van der Waals surface area contributed by atoms with Gasteiger partial charge < -0.3 is 4.43 Å². The lowest BCUT2D eigenvalue weighted by Gasteiger charge is -2.42. The molecule has 1 nitrogen and oxygen atoms in total. The van der Waals surface area contributed by atoms with Gasteiger partial charge in [-0.2, -0.15) is 0 Å². The smallest absolute Gasteiger partial charge is 0.200 e. The Morgan fingerprint density at radius 1 is 1.12 bits per heavy atom. The molecule has 0 aliphatic carbocycles. The molecule has 0 aliphatic rings. The molecule has 0 aromatic heterocycles. The van der Waals surface area contributed by atoms with Gasteiger partial charge in [-0.15, -0.1) is 5.73 Å². The number of halogens is 1. The molecule has 0 atom stereocenters. The molecule has 0 spiro atoms. The summed E-state index contributed by atoms with van der Waals surface area (Å²) in [5.74, 6) is 0. The summed E-state index contributed by atoms with van der Waals surface area (Å²) in [5.41, 5.74) is 5.96. The maximum Gasteiger partial charge on any atom is 0.200 e. The second kappa shape index (κ2) is 7.58. The molecule has 0 aliphatic heterocycles. The first-order valence-electron chi connectivity index (χ1n) is 6.40. The molecular formula is C14H27BrOSi. The second-order valence-electron chi connectivity index (χ2n) is 5.52.